The molecule has 0 bridgehead atoms. The summed E-state index contributed by atoms with van der Waals surface area (Å²) in [7, 11) is 2.91. The van der Waals surface area contributed by atoms with Crippen molar-refractivity contribution < 1.29 is 9.21 Å². The van der Waals surface area contributed by atoms with E-state index in [1.807, 2.05) is 13.0 Å². The van der Waals surface area contributed by atoms with Crippen LogP contribution >= 0.6 is 0 Å². The fourth-order valence-corrected chi connectivity index (χ4v) is 2.61. The highest BCUT2D eigenvalue weighted by Crippen LogP contribution is 2.16. The minimum absolute atomic E-state index is 0.117. The van der Waals surface area contributed by atoms with Gasteiger partial charge in [-0.3, -0.25) is 18.7 Å². The number of carbonyl (C=O) groups is 1. The summed E-state index contributed by atoms with van der Waals surface area (Å²) in [5, 5.41) is 3.06. The molecule has 1 atom stereocenters. The van der Waals surface area contributed by atoms with Crippen LogP contribution in [0.15, 0.2) is 38.3 Å². The quantitative estimate of drug-likeness (QED) is 0.766. The van der Waals surface area contributed by atoms with E-state index in [9.17, 15) is 14.4 Å². The Morgan fingerprint density at radius 2 is 1.88 bits per heavy atom. The van der Waals surface area contributed by atoms with E-state index >= 15 is 0 Å². The van der Waals surface area contributed by atoms with E-state index in [1.165, 1.54) is 30.8 Å². The number of carbonyl (C=O) groups excluding carboxylic acids is 1. The predicted molar refractivity (Wildman–Crippen MR) is 91.6 cm³/mol. The predicted octanol–water partition coefficient (Wildman–Crippen LogP) is 1.02. The van der Waals surface area contributed by atoms with Crippen molar-refractivity contribution in [1.29, 1.82) is 0 Å². The number of hydrogen-bond donors (Lipinski definition) is 1. The van der Waals surface area contributed by atoms with Crippen LogP contribution in [0.25, 0.3) is 11.0 Å². The average molecular weight is 342 g/mol. The molecular weight excluding hydrogens is 324 g/mol. The third-order valence-electron chi connectivity index (χ3n) is 4.07. The van der Waals surface area contributed by atoms with Crippen LogP contribution in [0.1, 0.15) is 35.0 Å². The third-order valence-corrected chi connectivity index (χ3v) is 4.07. The molecule has 0 fully saturated rings. The monoisotopic (exact) mass is 342 g/mol. The Balaban J connectivity index is 1.97. The van der Waals surface area contributed by atoms with E-state index in [-0.39, 0.29) is 22.8 Å². The molecule has 0 aliphatic heterocycles. The third kappa shape index (κ3) is 2.86. The summed E-state index contributed by atoms with van der Waals surface area (Å²) in [6, 6.07) is 6.23. The van der Waals surface area contributed by atoms with Crippen molar-refractivity contribution in [2.75, 3.05) is 0 Å². The summed E-state index contributed by atoms with van der Waals surface area (Å²) in [5.41, 5.74) is -0.660. The summed E-state index contributed by atoms with van der Waals surface area (Å²) in [4.78, 5) is 40.8. The standard InChI is InChI=1S/C17H18N4O4/c1-9-5-8-13(25-9)10(2)18-15(22)12-7-6-11-14(19-12)20(3)17(24)21(4)16(11)23/h5-8,10H,1-4H3,(H,18,22). The molecule has 3 heterocycles. The zero-order chi connectivity index (χ0) is 18.3. The van der Waals surface area contributed by atoms with Crippen LogP contribution in [0, 0.1) is 6.92 Å². The number of fused-ring (bicyclic) bond motifs is 1. The molecule has 0 aliphatic carbocycles. The Labute approximate surface area is 142 Å². The summed E-state index contributed by atoms with van der Waals surface area (Å²) in [6.45, 7) is 3.62. The zero-order valence-electron chi connectivity index (χ0n) is 14.4. The van der Waals surface area contributed by atoms with Crippen molar-refractivity contribution in [3.63, 3.8) is 0 Å². The van der Waals surface area contributed by atoms with Gasteiger partial charge in [-0.25, -0.2) is 9.78 Å². The summed E-state index contributed by atoms with van der Waals surface area (Å²) in [5.74, 6) is 0.968. The lowest BCUT2D eigenvalue weighted by Gasteiger charge is -2.12. The molecule has 0 saturated heterocycles. The van der Waals surface area contributed by atoms with Crippen LogP contribution in [0.3, 0.4) is 0 Å². The second-order valence-electron chi connectivity index (χ2n) is 5.92. The second kappa shape index (κ2) is 6.04. The fourth-order valence-electron chi connectivity index (χ4n) is 2.61. The van der Waals surface area contributed by atoms with Gasteiger partial charge in [-0.15, -0.1) is 0 Å². The maximum atomic E-state index is 12.4. The van der Waals surface area contributed by atoms with Gasteiger partial charge >= 0.3 is 5.69 Å². The normalized spacial score (nSPS) is 12.3. The zero-order valence-corrected chi connectivity index (χ0v) is 14.4. The first-order valence-electron chi connectivity index (χ1n) is 7.73. The molecule has 0 aliphatic rings. The van der Waals surface area contributed by atoms with Crippen LogP contribution in [0.5, 0.6) is 0 Å². The van der Waals surface area contributed by atoms with Gasteiger partial charge in [0.15, 0.2) is 0 Å². The van der Waals surface area contributed by atoms with E-state index in [0.29, 0.717) is 5.76 Å². The highest BCUT2D eigenvalue weighted by Gasteiger charge is 2.17. The summed E-state index contributed by atoms with van der Waals surface area (Å²) >= 11 is 0. The van der Waals surface area contributed by atoms with E-state index < -0.39 is 17.2 Å². The molecule has 0 radical (unpaired) electrons. The molecule has 130 valence electrons. The second-order valence-corrected chi connectivity index (χ2v) is 5.92. The van der Waals surface area contributed by atoms with Gasteiger partial charge in [-0.2, -0.15) is 0 Å². The number of aryl methyl sites for hydroxylation is 2. The average Bonchev–Trinajstić information content (AvgIpc) is 3.04. The summed E-state index contributed by atoms with van der Waals surface area (Å²) in [6.07, 6.45) is 0. The van der Waals surface area contributed by atoms with Gasteiger partial charge in [0.05, 0.1) is 11.4 Å². The van der Waals surface area contributed by atoms with Crippen molar-refractivity contribution in [2.24, 2.45) is 14.1 Å². The molecule has 0 spiro atoms. The SMILES string of the molecule is Cc1ccc(C(C)NC(=O)c2ccc3c(=O)n(C)c(=O)n(C)c3n2)o1. The van der Waals surface area contributed by atoms with E-state index in [2.05, 4.69) is 10.3 Å². The number of nitrogens with zero attached hydrogens (tertiary/aromatic N) is 3. The van der Waals surface area contributed by atoms with Gasteiger partial charge < -0.3 is 9.73 Å². The molecule has 25 heavy (non-hydrogen) atoms. The number of nitrogens with one attached hydrogen (secondary N) is 1. The van der Waals surface area contributed by atoms with Gasteiger partial charge in [0.2, 0.25) is 0 Å². The first kappa shape index (κ1) is 16.7. The highest BCUT2D eigenvalue weighted by molar-refractivity contribution is 5.94. The lowest BCUT2D eigenvalue weighted by molar-refractivity contribution is 0.0930. The number of pyridine rings is 1. The Kier molecular flexibility index (Phi) is 4.03. The van der Waals surface area contributed by atoms with Crippen LogP contribution in [-0.2, 0) is 14.1 Å². The van der Waals surface area contributed by atoms with Crippen molar-refractivity contribution in [1.82, 2.24) is 19.4 Å². The first-order chi connectivity index (χ1) is 11.8. The molecule has 3 aromatic heterocycles. The number of hydrogen-bond acceptors (Lipinski definition) is 5. The smallest absolute Gasteiger partial charge is 0.332 e. The lowest BCUT2D eigenvalue weighted by atomic mass is 10.2. The summed E-state index contributed by atoms with van der Waals surface area (Å²) < 4.78 is 7.74. The molecule has 0 saturated carbocycles. The van der Waals surface area contributed by atoms with Gasteiger partial charge in [-0.05, 0) is 38.1 Å². The number of aromatic nitrogens is 3. The van der Waals surface area contributed by atoms with E-state index in [4.69, 9.17) is 4.42 Å². The van der Waals surface area contributed by atoms with Crippen LogP contribution < -0.4 is 16.6 Å². The van der Waals surface area contributed by atoms with Crippen molar-refractivity contribution in [3.8, 4) is 0 Å². The Bertz CT molecular complexity index is 1090. The van der Waals surface area contributed by atoms with Gasteiger partial charge in [0, 0.05) is 14.1 Å². The largest absolute Gasteiger partial charge is 0.464 e. The first-order valence-corrected chi connectivity index (χ1v) is 7.73. The Morgan fingerprint density at radius 3 is 2.52 bits per heavy atom. The number of furan rings is 1. The van der Waals surface area contributed by atoms with Crippen LogP contribution in [-0.4, -0.2) is 20.0 Å². The van der Waals surface area contributed by atoms with Crippen LogP contribution in [0.4, 0.5) is 0 Å². The molecule has 0 aromatic carbocycles. The topological polar surface area (TPSA) is 99.1 Å². The maximum Gasteiger partial charge on any atom is 0.332 e. The fraction of sp³-hybridized carbons (Fsp3) is 0.294. The Morgan fingerprint density at radius 1 is 1.16 bits per heavy atom. The molecule has 3 aromatic rings. The van der Waals surface area contributed by atoms with E-state index in [0.717, 1.165) is 10.3 Å². The van der Waals surface area contributed by atoms with E-state index in [1.54, 1.807) is 13.0 Å². The molecule has 1 N–H and O–H groups in total. The minimum atomic E-state index is -0.498. The van der Waals surface area contributed by atoms with Crippen molar-refractivity contribution in [3.05, 3.63) is 62.3 Å². The van der Waals surface area contributed by atoms with Gasteiger partial charge in [0.25, 0.3) is 11.5 Å². The molecule has 1 amide bonds. The number of rotatable bonds is 3. The molecule has 3 rings (SSSR count). The lowest BCUT2D eigenvalue weighted by Crippen LogP contribution is -2.37. The number of amides is 1. The van der Waals surface area contributed by atoms with Gasteiger partial charge in [-0.1, -0.05) is 0 Å². The molecular formula is C17H18N4O4. The molecule has 8 nitrogen and oxygen atoms in total. The molecule has 1 unspecified atom stereocenters. The maximum absolute atomic E-state index is 12.4. The molecule has 8 heteroatoms. The van der Waals surface area contributed by atoms with Crippen LogP contribution in [0.2, 0.25) is 0 Å². The van der Waals surface area contributed by atoms with Crippen molar-refractivity contribution in [2.45, 2.75) is 19.9 Å². The minimum Gasteiger partial charge on any atom is -0.464 e. The van der Waals surface area contributed by atoms with Gasteiger partial charge in [0.1, 0.15) is 22.9 Å². The van der Waals surface area contributed by atoms with Crippen molar-refractivity contribution >= 4 is 16.9 Å². The Hall–Kier alpha value is -3.16. The highest BCUT2D eigenvalue weighted by atomic mass is 16.3.